The minimum Gasteiger partial charge on any atom is -0.264 e. The van der Waals surface area contributed by atoms with E-state index in [9.17, 15) is 0 Å². The minimum atomic E-state index is 0.123. The Morgan fingerprint density at radius 3 is 2.10 bits per heavy atom. The molecule has 0 fully saturated rings. The average Bonchev–Trinajstić information content (AvgIpc) is 2.11. The lowest BCUT2D eigenvalue weighted by molar-refractivity contribution is 0.586. The summed E-state index contributed by atoms with van der Waals surface area (Å²) in [6.45, 7) is 9.21. The molecule has 0 N–H and O–H groups in total. The second kappa shape index (κ2) is 2.19. The van der Waals surface area contributed by atoms with Crippen LogP contribution in [-0.2, 0) is 0 Å². The van der Waals surface area contributed by atoms with Gasteiger partial charge in [-0.15, -0.1) is 0 Å². The monoisotopic (exact) mass is 138 g/mol. The number of nitrogens with zero attached hydrogens (tertiary/aromatic N) is 2. The lowest BCUT2D eigenvalue weighted by atomic mass is 9.95. The third-order valence-corrected chi connectivity index (χ3v) is 1.43. The van der Waals surface area contributed by atoms with E-state index in [4.69, 9.17) is 0 Å². The number of amidine groups is 1. The SMILES string of the molecule is CC1=NC(C(C)(C)C)=NC1. The van der Waals surface area contributed by atoms with Gasteiger partial charge >= 0.3 is 0 Å². The van der Waals surface area contributed by atoms with Gasteiger partial charge in [0.05, 0.1) is 6.54 Å². The Bertz CT molecular complexity index is 194. The molecule has 0 atom stereocenters. The second-order valence-corrected chi connectivity index (χ2v) is 3.74. The van der Waals surface area contributed by atoms with E-state index in [1.807, 2.05) is 6.92 Å². The highest BCUT2D eigenvalue weighted by atomic mass is 15.0. The molecule has 0 aliphatic carbocycles. The molecule has 1 aliphatic rings. The van der Waals surface area contributed by atoms with Crippen LogP contribution in [0.3, 0.4) is 0 Å². The van der Waals surface area contributed by atoms with Crippen LogP contribution in [0, 0.1) is 5.41 Å². The van der Waals surface area contributed by atoms with E-state index in [0.717, 1.165) is 18.1 Å². The van der Waals surface area contributed by atoms with Gasteiger partial charge in [-0.25, -0.2) is 4.99 Å². The Morgan fingerprint density at radius 1 is 1.30 bits per heavy atom. The predicted molar refractivity (Wildman–Crippen MR) is 44.9 cm³/mol. The van der Waals surface area contributed by atoms with Crippen LogP contribution in [0.4, 0.5) is 0 Å². The summed E-state index contributed by atoms with van der Waals surface area (Å²) in [6.07, 6.45) is 0. The first-order valence-corrected chi connectivity index (χ1v) is 3.59. The maximum atomic E-state index is 4.33. The van der Waals surface area contributed by atoms with E-state index < -0.39 is 0 Å². The lowest BCUT2D eigenvalue weighted by Crippen LogP contribution is -2.16. The van der Waals surface area contributed by atoms with Crippen molar-refractivity contribution >= 4 is 11.5 Å². The van der Waals surface area contributed by atoms with Crippen molar-refractivity contribution in [3.8, 4) is 0 Å². The van der Waals surface area contributed by atoms with Crippen LogP contribution < -0.4 is 0 Å². The standard InChI is InChI=1S/C8H14N2/c1-6-5-9-7(10-6)8(2,3)4/h5H2,1-4H3. The highest BCUT2D eigenvalue weighted by molar-refractivity contribution is 6.04. The first-order chi connectivity index (χ1) is 4.50. The quantitative estimate of drug-likeness (QED) is 0.488. The van der Waals surface area contributed by atoms with Crippen LogP contribution in [-0.4, -0.2) is 18.1 Å². The molecule has 1 heterocycles. The van der Waals surface area contributed by atoms with Crippen LogP contribution in [0.5, 0.6) is 0 Å². The van der Waals surface area contributed by atoms with E-state index in [-0.39, 0.29) is 5.41 Å². The molecule has 1 rings (SSSR count). The van der Waals surface area contributed by atoms with Gasteiger partial charge in [-0.05, 0) is 6.92 Å². The summed E-state index contributed by atoms with van der Waals surface area (Å²) in [5.74, 6) is 0.991. The second-order valence-electron chi connectivity index (χ2n) is 3.74. The molecule has 0 radical (unpaired) electrons. The summed E-state index contributed by atoms with van der Waals surface area (Å²) in [5.41, 5.74) is 1.25. The van der Waals surface area contributed by atoms with Gasteiger partial charge in [-0.1, -0.05) is 20.8 Å². The molecular weight excluding hydrogens is 124 g/mol. The molecule has 0 spiro atoms. The van der Waals surface area contributed by atoms with Crippen molar-refractivity contribution in [1.82, 2.24) is 0 Å². The molecule has 0 aromatic rings. The third kappa shape index (κ3) is 1.43. The van der Waals surface area contributed by atoms with Gasteiger partial charge in [0, 0.05) is 11.1 Å². The first kappa shape index (κ1) is 7.45. The normalized spacial score (nSPS) is 18.8. The van der Waals surface area contributed by atoms with Gasteiger partial charge in [0.25, 0.3) is 0 Å². The molecular formula is C8H14N2. The molecule has 0 aromatic heterocycles. The van der Waals surface area contributed by atoms with Crippen LogP contribution in [0.2, 0.25) is 0 Å². The van der Waals surface area contributed by atoms with E-state index in [0.29, 0.717) is 0 Å². The summed E-state index contributed by atoms with van der Waals surface area (Å²) in [5, 5.41) is 0. The van der Waals surface area contributed by atoms with Crippen molar-refractivity contribution in [3.05, 3.63) is 0 Å². The Kier molecular flexibility index (Phi) is 1.63. The van der Waals surface area contributed by atoms with Gasteiger partial charge in [0.15, 0.2) is 0 Å². The summed E-state index contributed by atoms with van der Waals surface area (Å²) >= 11 is 0. The molecule has 1 aliphatic heterocycles. The fourth-order valence-corrected chi connectivity index (χ4v) is 0.846. The van der Waals surface area contributed by atoms with Gasteiger partial charge in [-0.2, -0.15) is 0 Å². The van der Waals surface area contributed by atoms with E-state index in [2.05, 4.69) is 30.8 Å². The van der Waals surface area contributed by atoms with Gasteiger partial charge in [0.2, 0.25) is 0 Å². The molecule has 2 nitrogen and oxygen atoms in total. The van der Waals surface area contributed by atoms with Gasteiger partial charge < -0.3 is 0 Å². The Hall–Kier alpha value is -0.660. The molecule has 56 valence electrons. The number of hydrogen-bond donors (Lipinski definition) is 0. The molecule has 2 heteroatoms. The van der Waals surface area contributed by atoms with Crippen molar-refractivity contribution in [2.24, 2.45) is 15.4 Å². The summed E-state index contributed by atoms with van der Waals surface area (Å²) in [6, 6.07) is 0. The molecule has 0 saturated heterocycles. The highest BCUT2D eigenvalue weighted by Gasteiger charge is 2.20. The zero-order valence-electron chi connectivity index (χ0n) is 7.10. The third-order valence-electron chi connectivity index (χ3n) is 1.43. The largest absolute Gasteiger partial charge is 0.264 e. The molecule has 0 aromatic carbocycles. The first-order valence-electron chi connectivity index (χ1n) is 3.59. The topological polar surface area (TPSA) is 24.7 Å². The average molecular weight is 138 g/mol. The zero-order valence-corrected chi connectivity index (χ0v) is 7.10. The van der Waals surface area contributed by atoms with Crippen molar-refractivity contribution in [1.29, 1.82) is 0 Å². The zero-order chi connectivity index (χ0) is 7.78. The Balaban J connectivity index is 2.77. The van der Waals surface area contributed by atoms with Crippen LogP contribution in [0.25, 0.3) is 0 Å². The summed E-state index contributed by atoms with van der Waals surface area (Å²) < 4.78 is 0. The fraction of sp³-hybridized carbons (Fsp3) is 0.750. The number of aliphatic imine (C=N–C) groups is 2. The smallest absolute Gasteiger partial charge is 0.128 e. The van der Waals surface area contributed by atoms with Crippen molar-refractivity contribution in [2.75, 3.05) is 6.54 Å². The molecule has 0 amide bonds. The predicted octanol–water partition coefficient (Wildman–Crippen LogP) is 1.91. The Morgan fingerprint density at radius 2 is 1.90 bits per heavy atom. The van der Waals surface area contributed by atoms with E-state index in [1.165, 1.54) is 0 Å². The van der Waals surface area contributed by atoms with Gasteiger partial charge in [-0.3, -0.25) is 4.99 Å². The Labute approximate surface area is 62.1 Å². The fourth-order valence-electron chi connectivity index (χ4n) is 0.846. The lowest BCUT2D eigenvalue weighted by Gasteiger charge is -2.14. The molecule has 0 bridgehead atoms. The van der Waals surface area contributed by atoms with Gasteiger partial charge in [0.1, 0.15) is 5.84 Å². The minimum absolute atomic E-state index is 0.123. The molecule has 0 saturated carbocycles. The van der Waals surface area contributed by atoms with E-state index >= 15 is 0 Å². The maximum Gasteiger partial charge on any atom is 0.128 e. The number of hydrogen-bond acceptors (Lipinski definition) is 2. The molecule has 10 heavy (non-hydrogen) atoms. The van der Waals surface area contributed by atoms with Crippen molar-refractivity contribution in [3.63, 3.8) is 0 Å². The van der Waals surface area contributed by atoms with E-state index in [1.54, 1.807) is 0 Å². The van der Waals surface area contributed by atoms with Crippen molar-refractivity contribution in [2.45, 2.75) is 27.7 Å². The molecule has 0 unspecified atom stereocenters. The van der Waals surface area contributed by atoms with Crippen LogP contribution >= 0.6 is 0 Å². The summed E-state index contributed by atoms with van der Waals surface area (Å²) in [7, 11) is 0. The highest BCUT2D eigenvalue weighted by Crippen LogP contribution is 2.19. The maximum absolute atomic E-state index is 4.33. The van der Waals surface area contributed by atoms with Crippen molar-refractivity contribution < 1.29 is 0 Å². The van der Waals surface area contributed by atoms with Crippen LogP contribution in [0.1, 0.15) is 27.7 Å². The number of rotatable bonds is 0. The van der Waals surface area contributed by atoms with Crippen LogP contribution in [0.15, 0.2) is 9.98 Å². The summed E-state index contributed by atoms with van der Waals surface area (Å²) in [4.78, 5) is 8.63.